The zero-order valence-electron chi connectivity index (χ0n) is 25.2. The Labute approximate surface area is 256 Å². The average Bonchev–Trinajstić information content (AvgIpc) is 3.02. The van der Waals surface area contributed by atoms with Gasteiger partial charge in [-0.15, -0.1) is 0 Å². The first kappa shape index (κ1) is 34.4. The van der Waals surface area contributed by atoms with E-state index in [2.05, 4.69) is 31.0 Å². The fourth-order valence-electron chi connectivity index (χ4n) is 5.07. The number of likely N-dealkylation sites (N-methyl/N-ethyl adjacent to an activating group) is 1. The molecule has 3 aromatic carbocycles. The number of halogens is 2. The molecule has 3 aromatic rings. The lowest BCUT2D eigenvalue weighted by Crippen LogP contribution is -2.38. The molecule has 10 heteroatoms. The SMILES string of the molecule is CCC1(CCN(C)CCOC(c2ccc(F)cc2)c2ccc(F)cc2)OCCc2cc(OC)ccc21.O=C(O)/C=C/C(=O)O. The summed E-state index contributed by atoms with van der Waals surface area (Å²) in [5, 5.41) is 15.6. The Bertz CT molecular complexity index is 1330. The van der Waals surface area contributed by atoms with Crippen LogP contribution < -0.4 is 4.74 Å². The van der Waals surface area contributed by atoms with Crippen molar-refractivity contribution in [3.8, 4) is 5.75 Å². The van der Waals surface area contributed by atoms with Crippen molar-refractivity contribution in [2.45, 2.75) is 37.9 Å². The van der Waals surface area contributed by atoms with Crippen LogP contribution >= 0.6 is 0 Å². The normalized spacial score (nSPS) is 16.0. The zero-order chi connectivity index (χ0) is 32.1. The Morgan fingerprint density at radius 2 is 1.52 bits per heavy atom. The highest BCUT2D eigenvalue weighted by Crippen LogP contribution is 2.40. The van der Waals surface area contributed by atoms with E-state index in [0.29, 0.717) is 31.9 Å². The molecule has 0 amide bonds. The molecule has 236 valence electrons. The van der Waals surface area contributed by atoms with Crippen LogP contribution in [-0.2, 0) is 31.1 Å². The molecule has 0 aromatic heterocycles. The monoisotopic (exact) mass is 611 g/mol. The Kier molecular flexibility index (Phi) is 13.0. The van der Waals surface area contributed by atoms with Crippen molar-refractivity contribution < 1.29 is 42.8 Å². The highest BCUT2D eigenvalue weighted by atomic mass is 19.1. The number of hydrogen-bond donors (Lipinski definition) is 2. The molecule has 0 aliphatic carbocycles. The summed E-state index contributed by atoms with van der Waals surface area (Å²) in [5.41, 5.74) is 3.92. The highest BCUT2D eigenvalue weighted by Gasteiger charge is 2.36. The van der Waals surface area contributed by atoms with Gasteiger partial charge in [-0.2, -0.15) is 0 Å². The first-order valence-electron chi connectivity index (χ1n) is 14.3. The second-order valence-electron chi connectivity index (χ2n) is 10.4. The van der Waals surface area contributed by atoms with Crippen LogP contribution in [0.2, 0.25) is 0 Å². The number of rotatable bonds is 13. The fourth-order valence-corrected chi connectivity index (χ4v) is 5.07. The van der Waals surface area contributed by atoms with E-state index in [4.69, 9.17) is 24.4 Å². The number of hydrogen-bond acceptors (Lipinski definition) is 6. The minimum absolute atomic E-state index is 0.300. The van der Waals surface area contributed by atoms with Crippen LogP contribution in [0.1, 0.15) is 48.1 Å². The summed E-state index contributed by atoms with van der Waals surface area (Å²) in [7, 11) is 3.77. The molecule has 1 unspecified atom stereocenters. The molecule has 8 nitrogen and oxygen atoms in total. The summed E-state index contributed by atoms with van der Waals surface area (Å²) in [6, 6.07) is 18.8. The summed E-state index contributed by atoms with van der Waals surface area (Å²) in [5.74, 6) is -2.23. The Morgan fingerprint density at radius 1 is 0.955 bits per heavy atom. The molecule has 2 N–H and O–H groups in total. The molecular formula is C34H39F2NO7. The number of methoxy groups -OCH3 is 1. The molecule has 0 spiro atoms. The van der Waals surface area contributed by atoms with E-state index in [1.54, 1.807) is 31.4 Å². The summed E-state index contributed by atoms with van der Waals surface area (Å²) in [6.07, 6.45) is 3.38. The second-order valence-corrected chi connectivity index (χ2v) is 10.4. The standard InChI is InChI=1S/C30H35F2NO3.C4H4O4/c1-4-30(28-14-13-27(34-3)21-24(28)15-19-36-30)16-17-33(2)18-20-35-29(22-5-9-25(31)10-6-22)23-7-11-26(32)12-8-23;5-3(6)1-2-4(7)8/h5-14,21,29H,4,15-20H2,1-3H3;1-2H,(H,5,6)(H,7,8)/b;2-1+. The minimum Gasteiger partial charge on any atom is -0.497 e. The summed E-state index contributed by atoms with van der Waals surface area (Å²) >= 11 is 0. The van der Waals surface area contributed by atoms with Crippen LogP contribution in [0.15, 0.2) is 78.9 Å². The van der Waals surface area contributed by atoms with E-state index in [-0.39, 0.29) is 17.2 Å². The third-order valence-corrected chi connectivity index (χ3v) is 7.49. The maximum atomic E-state index is 13.5. The van der Waals surface area contributed by atoms with Gasteiger partial charge in [-0.05, 0) is 85.0 Å². The second kappa shape index (κ2) is 16.7. The highest BCUT2D eigenvalue weighted by molar-refractivity contribution is 5.89. The van der Waals surface area contributed by atoms with E-state index in [1.165, 1.54) is 35.4 Å². The van der Waals surface area contributed by atoms with E-state index in [9.17, 15) is 18.4 Å². The fraction of sp³-hybridized carbons (Fsp3) is 0.353. The Balaban J connectivity index is 0.000000583. The molecule has 0 bridgehead atoms. The smallest absolute Gasteiger partial charge is 0.328 e. The predicted octanol–water partition coefficient (Wildman–Crippen LogP) is 5.99. The van der Waals surface area contributed by atoms with Gasteiger partial charge in [0.2, 0.25) is 0 Å². The number of carboxylic acid groups (broad SMARTS) is 2. The molecule has 44 heavy (non-hydrogen) atoms. The molecule has 1 aliphatic heterocycles. The van der Waals surface area contributed by atoms with Crippen LogP contribution in [0.5, 0.6) is 5.75 Å². The van der Waals surface area contributed by atoms with Crippen molar-refractivity contribution in [3.05, 3.63) is 113 Å². The quantitative estimate of drug-likeness (QED) is 0.227. The van der Waals surface area contributed by atoms with Crippen LogP contribution in [0.3, 0.4) is 0 Å². The topological polar surface area (TPSA) is 106 Å². The number of carbonyl (C=O) groups is 2. The number of nitrogens with zero attached hydrogens (tertiary/aromatic N) is 1. The summed E-state index contributed by atoms with van der Waals surface area (Å²) in [4.78, 5) is 21.3. The lowest BCUT2D eigenvalue weighted by Gasteiger charge is -2.40. The Morgan fingerprint density at radius 3 is 2.02 bits per heavy atom. The number of ether oxygens (including phenoxy) is 3. The first-order valence-corrected chi connectivity index (χ1v) is 14.3. The van der Waals surface area contributed by atoms with Gasteiger partial charge in [-0.25, -0.2) is 18.4 Å². The Hall–Kier alpha value is -4.12. The number of fused-ring (bicyclic) bond motifs is 1. The van der Waals surface area contributed by atoms with Gasteiger partial charge in [0.15, 0.2) is 0 Å². The van der Waals surface area contributed by atoms with Crippen molar-refractivity contribution in [1.29, 1.82) is 0 Å². The van der Waals surface area contributed by atoms with E-state index >= 15 is 0 Å². The van der Waals surface area contributed by atoms with Gasteiger partial charge in [0, 0.05) is 25.2 Å². The molecule has 0 fully saturated rings. The number of carboxylic acids is 2. The largest absolute Gasteiger partial charge is 0.497 e. The summed E-state index contributed by atoms with van der Waals surface area (Å²) in [6.45, 7) is 4.93. The molecule has 1 atom stereocenters. The molecule has 0 saturated heterocycles. The van der Waals surface area contributed by atoms with Crippen molar-refractivity contribution >= 4 is 11.9 Å². The third kappa shape index (κ3) is 9.97. The van der Waals surface area contributed by atoms with E-state index in [1.807, 2.05) is 6.07 Å². The van der Waals surface area contributed by atoms with E-state index in [0.717, 1.165) is 42.7 Å². The van der Waals surface area contributed by atoms with Crippen LogP contribution in [-0.4, -0.2) is 67.5 Å². The van der Waals surface area contributed by atoms with Crippen molar-refractivity contribution in [3.63, 3.8) is 0 Å². The maximum absolute atomic E-state index is 13.5. The summed E-state index contributed by atoms with van der Waals surface area (Å²) < 4.78 is 45.0. The molecule has 1 aliphatic rings. The van der Waals surface area contributed by atoms with Gasteiger partial charge in [-0.1, -0.05) is 37.3 Å². The van der Waals surface area contributed by atoms with Gasteiger partial charge in [0.25, 0.3) is 0 Å². The average molecular weight is 612 g/mol. The van der Waals surface area contributed by atoms with Crippen molar-refractivity contribution in [2.75, 3.05) is 40.5 Å². The van der Waals surface area contributed by atoms with E-state index < -0.39 is 18.0 Å². The molecule has 0 radical (unpaired) electrons. The lowest BCUT2D eigenvalue weighted by molar-refractivity contribution is -0.134. The van der Waals surface area contributed by atoms with Crippen LogP contribution in [0.4, 0.5) is 8.78 Å². The minimum atomic E-state index is -1.26. The van der Waals surface area contributed by atoms with Gasteiger partial charge in [0.05, 0.1) is 25.9 Å². The number of aliphatic carboxylic acids is 2. The van der Waals surface area contributed by atoms with Gasteiger partial charge >= 0.3 is 11.9 Å². The third-order valence-electron chi connectivity index (χ3n) is 7.49. The van der Waals surface area contributed by atoms with Crippen LogP contribution in [0, 0.1) is 11.6 Å². The molecule has 1 heterocycles. The lowest BCUT2D eigenvalue weighted by atomic mass is 9.81. The van der Waals surface area contributed by atoms with Crippen LogP contribution in [0.25, 0.3) is 0 Å². The number of benzene rings is 3. The van der Waals surface area contributed by atoms with Gasteiger partial charge < -0.3 is 29.3 Å². The maximum Gasteiger partial charge on any atom is 0.328 e. The molecule has 4 rings (SSSR count). The van der Waals surface area contributed by atoms with Gasteiger partial charge in [0.1, 0.15) is 23.5 Å². The molecular weight excluding hydrogens is 572 g/mol. The first-order chi connectivity index (χ1) is 21.1. The van der Waals surface area contributed by atoms with Crippen molar-refractivity contribution in [2.24, 2.45) is 0 Å². The molecule has 0 saturated carbocycles. The predicted molar refractivity (Wildman–Crippen MR) is 162 cm³/mol. The zero-order valence-corrected chi connectivity index (χ0v) is 25.2. The van der Waals surface area contributed by atoms with Crippen molar-refractivity contribution in [1.82, 2.24) is 4.90 Å². The van der Waals surface area contributed by atoms with Gasteiger partial charge in [-0.3, -0.25) is 0 Å².